The molecule has 1 amide bonds. The number of thioether (sulfide) groups is 1. The number of hydrogen-bond donors (Lipinski definition) is 0. The number of fused-ring (bicyclic) bond motifs is 1. The molecular formula is C20H27N3O4S2. The van der Waals surface area contributed by atoms with Crippen LogP contribution in [0.3, 0.4) is 0 Å². The van der Waals surface area contributed by atoms with Crippen molar-refractivity contribution in [3.63, 3.8) is 0 Å². The normalized spacial score (nSPS) is 29.4. The topological polar surface area (TPSA) is 79.3 Å². The molecule has 9 heteroatoms. The number of rotatable bonds is 5. The van der Waals surface area contributed by atoms with Gasteiger partial charge in [-0.3, -0.25) is 4.79 Å². The highest BCUT2D eigenvalue weighted by Gasteiger charge is 2.49. The first-order valence-corrected chi connectivity index (χ1v) is 12.9. The van der Waals surface area contributed by atoms with Gasteiger partial charge in [-0.1, -0.05) is 11.8 Å². The summed E-state index contributed by atoms with van der Waals surface area (Å²) in [6, 6.07) is 7.88. The molecule has 0 unspecified atom stereocenters. The molecule has 0 N–H and O–H groups in total. The first kappa shape index (κ1) is 20.7. The summed E-state index contributed by atoms with van der Waals surface area (Å²) in [5, 5.41) is 0.490. The van der Waals surface area contributed by atoms with Crippen LogP contribution in [0.5, 0.6) is 0 Å². The first-order chi connectivity index (χ1) is 13.9. The number of carbonyl (C=O) groups excluding carboxylic acids is 1. The lowest BCUT2D eigenvalue weighted by molar-refractivity contribution is -0.126. The van der Waals surface area contributed by atoms with Crippen molar-refractivity contribution in [1.82, 2.24) is 0 Å². The Kier molecular flexibility index (Phi) is 5.90. The molecule has 1 aromatic carbocycles. The highest BCUT2D eigenvalue weighted by Crippen LogP contribution is 2.41. The summed E-state index contributed by atoms with van der Waals surface area (Å²) in [7, 11) is -3.08. The fourth-order valence-corrected chi connectivity index (χ4v) is 8.14. The predicted octanol–water partition coefficient (Wildman–Crippen LogP) is 2.31. The Bertz CT molecular complexity index is 891. The molecule has 3 saturated heterocycles. The van der Waals surface area contributed by atoms with Gasteiger partial charge in [0.05, 0.1) is 17.5 Å². The number of hydrogen-bond acceptors (Lipinski definition) is 6. The molecule has 0 bridgehead atoms. The van der Waals surface area contributed by atoms with Crippen molar-refractivity contribution < 1.29 is 17.9 Å². The van der Waals surface area contributed by atoms with Gasteiger partial charge in [0.1, 0.15) is 6.10 Å². The van der Waals surface area contributed by atoms with Gasteiger partial charge in [-0.15, -0.1) is 0 Å². The second-order valence-corrected chi connectivity index (χ2v) is 11.0. The van der Waals surface area contributed by atoms with Gasteiger partial charge in [-0.05, 0) is 51.0 Å². The SMILES string of the molecule is CCN(CC)c1ccc(N2C(=NC(=O)[C@H]3CCCO3)S[C@H]3CS(=O)(=O)C[C@@H]32)cc1. The minimum absolute atomic E-state index is 0.0929. The molecule has 7 nitrogen and oxygen atoms in total. The van der Waals surface area contributed by atoms with Crippen molar-refractivity contribution in [3.05, 3.63) is 24.3 Å². The largest absolute Gasteiger partial charge is 0.372 e. The van der Waals surface area contributed by atoms with Crippen LogP contribution in [0.2, 0.25) is 0 Å². The van der Waals surface area contributed by atoms with Crippen molar-refractivity contribution in [2.75, 3.05) is 41.0 Å². The molecule has 3 aliphatic rings. The van der Waals surface area contributed by atoms with Crippen LogP contribution < -0.4 is 9.80 Å². The van der Waals surface area contributed by atoms with E-state index in [2.05, 4.69) is 23.7 Å². The van der Waals surface area contributed by atoms with Crippen molar-refractivity contribution in [2.45, 2.75) is 44.1 Å². The van der Waals surface area contributed by atoms with Gasteiger partial charge in [-0.25, -0.2) is 8.42 Å². The maximum Gasteiger partial charge on any atom is 0.277 e. The lowest BCUT2D eigenvalue weighted by Gasteiger charge is -2.26. The van der Waals surface area contributed by atoms with E-state index in [0.717, 1.165) is 30.9 Å². The molecule has 29 heavy (non-hydrogen) atoms. The van der Waals surface area contributed by atoms with Crippen LogP contribution in [0, 0.1) is 0 Å². The highest BCUT2D eigenvalue weighted by molar-refractivity contribution is 8.16. The quantitative estimate of drug-likeness (QED) is 0.699. The van der Waals surface area contributed by atoms with E-state index in [1.807, 2.05) is 29.2 Å². The van der Waals surface area contributed by atoms with Gasteiger partial charge in [0.25, 0.3) is 5.91 Å². The lowest BCUT2D eigenvalue weighted by Crippen LogP contribution is -2.38. The zero-order valence-electron chi connectivity index (χ0n) is 16.8. The number of amidine groups is 1. The van der Waals surface area contributed by atoms with Crippen LogP contribution in [0.25, 0.3) is 0 Å². The Hall–Kier alpha value is -1.58. The number of benzene rings is 1. The van der Waals surface area contributed by atoms with E-state index in [1.165, 1.54) is 11.8 Å². The fraction of sp³-hybridized carbons (Fsp3) is 0.600. The van der Waals surface area contributed by atoms with Crippen molar-refractivity contribution in [1.29, 1.82) is 0 Å². The van der Waals surface area contributed by atoms with E-state index in [-0.39, 0.29) is 28.7 Å². The predicted molar refractivity (Wildman–Crippen MR) is 118 cm³/mol. The minimum Gasteiger partial charge on any atom is -0.372 e. The summed E-state index contributed by atoms with van der Waals surface area (Å²) >= 11 is 1.40. The summed E-state index contributed by atoms with van der Waals surface area (Å²) in [6.45, 7) is 6.66. The third kappa shape index (κ3) is 4.18. The molecule has 0 saturated carbocycles. The van der Waals surface area contributed by atoms with Crippen LogP contribution in [-0.4, -0.2) is 68.1 Å². The van der Waals surface area contributed by atoms with Gasteiger partial charge < -0.3 is 14.5 Å². The number of anilines is 2. The molecular weight excluding hydrogens is 410 g/mol. The zero-order chi connectivity index (χ0) is 20.6. The standard InChI is InChI=1S/C20H27N3O4S2/c1-3-22(4-2)14-7-9-15(10-8-14)23-16-12-29(25,26)13-18(16)28-20(23)21-19(24)17-6-5-11-27-17/h7-10,16-18H,3-6,11-13H2,1-2H3/t16-,17+,18-/m0/s1. The second-order valence-electron chi connectivity index (χ2n) is 7.59. The van der Waals surface area contributed by atoms with Crippen LogP contribution in [0.4, 0.5) is 11.4 Å². The zero-order valence-corrected chi connectivity index (χ0v) is 18.4. The molecule has 3 atom stereocenters. The number of sulfone groups is 1. The van der Waals surface area contributed by atoms with E-state index < -0.39 is 15.9 Å². The Morgan fingerprint density at radius 2 is 1.97 bits per heavy atom. The van der Waals surface area contributed by atoms with Crippen LogP contribution in [-0.2, 0) is 19.4 Å². The first-order valence-electron chi connectivity index (χ1n) is 10.2. The third-order valence-electron chi connectivity index (χ3n) is 5.73. The molecule has 3 heterocycles. The number of ether oxygens (including phenoxy) is 1. The fourth-order valence-electron chi connectivity index (χ4n) is 4.22. The highest BCUT2D eigenvalue weighted by atomic mass is 32.2. The molecule has 0 aromatic heterocycles. The van der Waals surface area contributed by atoms with E-state index in [4.69, 9.17) is 4.74 Å². The Balaban J connectivity index is 1.64. The number of carbonyl (C=O) groups is 1. The molecule has 4 rings (SSSR count). The van der Waals surface area contributed by atoms with Gasteiger partial charge >= 0.3 is 0 Å². The smallest absolute Gasteiger partial charge is 0.277 e. The molecule has 3 fully saturated rings. The monoisotopic (exact) mass is 437 g/mol. The summed E-state index contributed by atoms with van der Waals surface area (Å²) in [5.41, 5.74) is 1.99. The summed E-state index contributed by atoms with van der Waals surface area (Å²) in [5.74, 6) is -0.0448. The average Bonchev–Trinajstić information content (AvgIpc) is 3.38. The minimum atomic E-state index is -3.08. The van der Waals surface area contributed by atoms with E-state index in [1.54, 1.807) is 0 Å². The van der Waals surface area contributed by atoms with Crippen LogP contribution >= 0.6 is 11.8 Å². The van der Waals surface area contributed by atoms with E-state index >= 15 is 0 Å². The van der Waals surface area contributed by atoms with Crippen LogP contribution in [0.15, 0.2) is 29.3 Å². The van der Waals surface area contributed by atoms with Gasteiger partial charge in [0.2, 0.25) is 0 Å². The van der Waals surface area contributed by atoms with Gasteiger partial charge in [0, 0.05) is 36.3 Å². The Labute approximate surface area is 176 Å². The van der Waals surface area contributed by atoms with Crippen LogP contribution in [0.1, 0.15) is 26.7 Å². The third-order valence-corrected chi connectivity index (χ3v) is 8.94. The maximum absolute atomic E-state index is 12.6. The molecule has 0 aliphatic carbocycles. The molecule has 158 valence electrons. The van der Waals surface area contributed by atoms with Crippen molar-refractivity contribution >= 4 is 44.0 Å². The summed E-state index contributed by atoms with van der Waals surface area (Å²) < 4.78 is 29.9. The Morgan fingerprint density at radius 3 is 2.59 bits per heavy atom. The average molecular weight is 438 g/mol. The maximum atomic E-state index is 12.6. The second kappa shape index (κ2) is 8.28. The van der Waals surface area contributed by atoms with Gasteiger partial charge in [0.15, 0.2) is 15.0 Å². The molecule has 0 spiro atoms. The van der Waals surface area contributed by atoms with Gasteiger partial charge in [-0.2, -0.15) is 4.99 Å². The number of amides is 1. The molecule has 0 radical (unpaired) electrons. The summed E-state index contributed by atoms with van der Waals surface area (Å²) in [4.78, 5) is 21.1. The molecule has 1 aromatic rings. The number of aliphatic imine (C=N–C) groups is 1. The van der Waals surface area contributed by atoms with Crippen molar-refractivity contribution in [3.8, 4) is 0 Å². The van der Waals surface area contributed by atoms with Crippen molar-refractivity contribution in [2.24, 2.45) is 4.99 Å². The number of nitrogens with zero attached hydrogens (tertiary/aromatic N) is 3. The lowest BCUT2D eigenvalue weighted by atomic mass is 10.2. The van der Waals surface area contributed by atoms with E-state index in [0.29, 0.717) is 18.2 Å². The summed E-state index contributed by atoms with van der Waals surface area (Å²) in [6.07, 6.45) is 1.09. The molecule has 3 aliphatic heterocycles. The van der Waals surface area contributed by atoms with E-state index in [9.17, 15) is 13.2 Å². The Morgan fingerprint density at radius 1 is 1.24 bits per heavy atom.